The highest BCUT2D eigenvalue weighted by Crippen LogP contribution is 1.82. The fourth-order valence-corrected chi connectivity index (χ4v) is 1.20. The van der Waals surface area contributed by atoms with Gasteiger partial charge in [0.2, 0.25) is 0 Å². The molecule has 0 aromatic rings. The zero-order chi connectivity index (χ0) is 13.6. The van der Waals surface area contributed by atoms with Gasteiger partial charge in [-0.1, -0.05) is 0 Å². The van der Waals surface area contributed by atoms with Gasteiger partial charge in [0.1, 0.15) is 0 Å². The van der Waals surface area contributed by atoms with Crippen molar-refractivity contribution in [2.24, 2.45) is 0 Å². The monoisotopic (exact) mass is 260 g/mol. The van der Waals surface area contributed by atoms with Gasteiger partial charge in [0.05, 0.1) is 0 Å². The predicted molar refractivity (Wildman–Crippen MR) is 68.2 cm³/mol. The van der Waals surface area contributed by atoms with E-state index in [9.17, 15) is 9.59 Å². The summed E-state index contributed by atoms with van der Waals surface area (Å²) in [5.74, 6) is -1.19. The standard InChI is InChI=1S/C12H24N2O4/c1-3-17-9-5-7-13-11(15)12(16)14-8-6-10-18-4-2/h3-10H2,1-2H3,(H,13,15)(H,14,16). The number of rotatable bonds is 10. The molecular formula is C12H24N2O4. The molecule has 2 N–H and O–H groups in total. The Balaban J connectivity index is 3.43. The van der Waals surface area contributed by atoms with Crippen LogP contribution >= 0.6 is 0 Å². The van der Waals surface area contributed by atoms with Gasteiger partial charge in [0, 0.05) is 39.5 Å². The molecule has 0 aliphatic rings. The first-order chi connectivity index (χ1) is 8.72. The summed E-state index contributed by atoms with van der Waals surface area (Å²) < 4.78 is 10.2. The van der Waals surface area contributed by atoms with Crippen LogP contribution in [0.3, 0.4) is 0 Å². The maximum Gasteiger partial charge on any atom is 0.309 e. The van der Waals surface area contributed by atoms with Gasteiger partial charge in [-0.3, -0.25) is 9.59 Å². The number of hydrogen-bond acceptors (Lipinski definition) is 4. The Kier molecular flexibility index (Phi) is 11.5. The van der Waals surface area contributed by atoms with E-state index in [0.29, 0.717) is 52.4 Å². The smallest absolute Gasteiger partial charge is 0.309 e. The molecule has 0 atom stereocenters. The van der Waals surface area contributed by atoms with Crippen molar-refractivity contribution in [1.82, 2.24) is 10.6 Å². The lowest BCUT2D eigenvalue weighted by molar-refractivity contribution is -0.139. The first-order valence-corrected chi connectivity index (χ1v) is 6.43. The molecule has 6 nitrogen and oxygen atoms in total. The molecule has 0 unspecified atom stereocenters. The van der Waals surface area contributed by atoms with Crippen molar-refractivity contribution in [3.8, 4) is 0 Å². The lowest BCUT2D eigenvalue weighted by Gasteiger charge is -2.06. The molecular weight excluding hydrogens is 236 g/mol. The minimum Gasteiger partial charge on any atom is -0.382 e. The van der Waals surface area contributed by atoms with Crippen LogP contribution in [0, 0.1) is 0 Å². The quantitative estimate of drug-likeness (QED) is 0.430. The fraction of sp³-hybridized carbons (Fsp3) is 0.833. The molecule has 0 saturated carbocycles. The van der Waals surface area contributed by atoms with Crippen LogP contribution in [0.1, 0.15) is 26.7 Å². The van der Waals surface area contributed by atoms with E-state index in [1.165, 1.54) is 0 Å². The normalized spacial score (nSPS) is 10.1. The molecule has 0 aromatic heterocycles. The van der Waals surface area contributed by atoms with Crippen LogP contribution in [-0.2, 0) is 19.1 Å². The third-order valence-corrected chi connectivity index (χ3v) is 2.12. The minimum absolute atomic E-state index is 0.450. The van der Waals surface area contributed by atoms with E-state index in [4.69, 9.17) is 9.47 Å². The molecule has 0 bridgehead atoms. The molecule has 0 radical (unpaired) electrons. The molecule has 0 aliphatic heterocycles. The summed E-state index contributed by atoms with van der Waals surface area (Å²) in [6, 6.07) is 0. The maximum absolute atomic E-state index is 11.3. The Morgan fingerprint density at radius 2 is 1.22 bits per heavy atom. The minimum atomic E-state index is -0.595. The van der Waals surface area contributed by atoms with Gasteiger partial charge in [-0.2, -0.15) is 0 Å². The molecule has 0 spiro atoms. The summed E-state index contributed by atoms with van der Waals surface area (Å²) in [6.45, 7) is 7.22. The average molecular weight is 260 g/mol. The lowest BCUT2D eigenvalue weighted by Crippen LogP contribution is -2.40. The molecule has 0 aromatic carbocycles. The summed E-state index contributed by atoms with van der Waals surface area (Å²) in [5.41, 5.74) is 0. The highest BCUT2D eigenvalue weighted by molar-refractivity contribution is 6.35. The molecule has 0 aliphatic carbocycles. The summed E-state index contributed by atoms with van der Waals surface area (Å²) in [6.07, 6.45) is 1.41. The average Bonchev–Trinajstić information content (AvgIpc) is 2.37. The topological polar surface area (TPSA) is 76.7 Å². The van der Waals surface area contributed by atoms with E-state index in [0.717, 1.165) is 0 Å². The van der Waals surface area contributed by atoms with Crippen molar-refractivity contribution in [3.63, 3.8) is 0 Å². The molecule has 6 heteroatoms. The van der Waals surface area contributed by atoms with Crippen molar-refractivity contribution in [3.05, 3.63) is 0 Å². The molecule has 18 heavy (non-hydrogen) atoms. The van der Waals surface area contributed by atoms with E-state index >= 15 is 0 Å². The summed E-state index contributed by atoms with van der Waals surface area (Å²) in [4.78, 5) is 22.6. The van der Waals surface area contributed by atoms with Crippen LogP contribution in [0.4, 0.5) is 0 Å². The lowest BCUT2D eigenvalue weighted by atomic mass is 10.4. The summed E-state index contributed by atoms with van der Waals surface area (Å²) in [5, 5.41) is 5.06. The van der Waals surface area contributed by atoms with Crippen LogP contribution in [-0.4, -0.2) is 51.3 Å². The number of nitrogens with one attached hydrogen (secondary N) is 2. The number of ether oxygens (including phenoxy) is 2. The summed E-state index contributed by atoms with van der Waals surface area (Å²) in [7, 11) is 0. The zero-order valence-corrected chi connectivity index (χ0v) is 11.3. The SMILES string of the molecule is CCOCCCNC(=O)C(=O)NCCCOCC. The van der Waals surface area contributed by atoms with Crippen LogP contribution < -0.4 is 10.6 Å². The van der Waals surface area contributed by atoms with Gasteiger partial charge in [-0.15, -0.1) is 0 Å². The molecule has 0 heterocycles. The molecule has 0 rings (SSSR count). The predicted octanol–water partition coefficient (Wildman–Crippen LogP) is 0.0720. The largest absolute Gasteiger partial charge is 0.382 e. The Bertz CT molecular complexity index is 210. The van der Waals surface area contributed by atoms with Gasteiger partial charge >= 0.3 is 11.8 Å². The van der Waals surface area contributed by atoms with Crippen molar-refractivity contribution < 1.29 is 19.1 Å². The van der Waals surface area contributed by atoms with E-state index in [-0.39, 0.29) is 0 Å². The van der Waals surface area contributed by atoms with Gasteiger partial charge in [0.15, 0.2) is 0 Å². The van der Waals surface area contributed by atoms with E-state index in [1.54, 1.807) is 0 Å². The molecule has 2 amide bonds. The number of hydrogen-bond donors (Lipinski definition) is 2. The number of amides is 2. The second-order valence-corrected chi connectivity index (χ2v) is 3.61. The maximum atomic E-state index is 11.3. The van der Waals surface area contributed by atoms with E-state index in [2.05, 4.69) is 10.6 Å². The Morgan fingerprint density at radius 3 is 1.56 bits per heavy atom. The van der Waals surface area contributed by atoms with Gasteiger partial charge in [-0.05, 0) is 26.7 Å². The first kappa shape index (κ1) is 16.9. The molecule has 106 valence electrons. The first-order valence-electron chi connectivity index (χ1n) is 6.43. The van der Waals surface area contributed by atoms with Gasteiger partial charge < -0.3 is 20.1 Å². The van der Waals surface area contributed by atoms with Crippen molar-refractivity contribution >= 4 is 11.8 Å². The number of carbonyl (C=O) groups excluding carboxylic acids is 2. The number of carbonyl (C=O) groups is 2. The molecule has 0 saturated heterocycles. The molecule has 0 fully saturated rings. The van der Waals surface area contributed by atoms with Crippen LogP contribution in [0.25, 0.3) is 0 Å². The van der Waals surface area contributed by atoms with Crippen molar-refractivity contribution in [2.75, 3.05) is 39.5 Å². The third-order valence-electron chi connectivity index (χ3n) is 2.12. The Morgan fingerprint density at radius 1 is 0.833 bits per heavy atom. The second-order valence-electron chi connectivity index (χ2n) is 3.61. The summed E-state index contributed by atoms with van der Waals surface area (Å²) >= 11 is 0. The van der Waals surface area contributed by atoms with Gasteiger partial charge in [-0.25, -0.2) is 0 Å². The van der Waals surface area contributed by atoms with Crippen molar-refractivity contribution in [1.29, 1.82) is 0 Å². The van der Waals surface area contributed by atoms with Crippen LogP contribution in [0.2, 0.25) is 0 Å². The Hall–Kier alpha value is -1.14. The van der Waals surface area contributed by atoms with Gasteiger partial charge in [0.25, 0.3) is 0 Å². The van der Waals surface area contributed by atoms with Crippen molar-refractivity contribution in [2.45, 2.75) is 26.7 Å². The van der Waals surface area contributed by atoms with E-state index < -0.39 is 11.8 Å². The van der Waals surface area contributed by atoms with Crippen LogP contribution in [0.15, 0.2) is 0 Å². The zero-order valence-electron chi connectivity index (χ0n) is 11.3. The highest BCUT2D eigenvalue weighted by Gasteiger charge is 2.11. The second kappa shape index (κ2) is 12.3. The van der Waals surface area contributed by atoms with Crippen LogP contribution in [0.5, 0.6) is 0 Å². The fourth-order valence-electron chi connectivity index (χ4n) is 1.20. The Labute approximate surface area is 108 Å². The van der Waals surface area contributed by atoms with E-state index in [1.807, 2.05) is 13.8 Å². The highest BCUT2D eigenvalue weighted by atomic mass is 16.5. The third kappa shape index (κ3) is 10.0.